The maximum Gasteiger partial charge on any atom is 0.165 e. The number of rotatable bonds is 11. The van der Waals surface area contributed by atoms with Gasteiger partial charge in [0, 0.05) is 12.0 Å². The van der Waals surface area contributed by atoms with E-state index >= 15 is 0 Å². The van der Waals surface area contributed by atoms with Gasteiger partial charge in [-0.25, -0.2) is 17.6 Å². The predicted molar refractivity (Wildman–Crippen MR) is 122 cm³/mol. The van der Waals surface area contributed by atoms with Crippen molar-refractivity contribution in [1.82, 2.24) is 0 Å². The third-order valence-corrected chi connectivity index (χ3v) is 5.27. The minimum atomic E-state index is -1.46. The second kappa shape index (κ2) is 11.7. The summed E-state index contributed by atoms with van der Waals surface area (Å²) in [6.07, 6.45) is 1.24. The number of ether oxygens (including phenoxy) is 2. The van der Waals surface area contributed by atoms with E-state index in [2.05, 4.69) is 6.92 Å². The third kappa shape index (κ3) is 6.73. The molecule has 33 heavy (non-hydrogen) atoms. The Balaban J connectivity index is 1.61. The molecule has 1 unspecified atom stereocenters. The Bertz CT molecular complexity index is 1070. The molecule has 0 radical (unpaired) electrons. The van der Waals surface area contributed by atoms with Crippen LogP contribution in [0, 0.1) is 17.5 Å². The zero-order valence-corrected chi connectivity index (χ0v) is 18.8. The second-order valence-electron chi connectivity index (χ2n) is 7.87. The van der Waals surface area contributed by atoms with Crippen molar-refractivity contribution in [3.05, 3.63) is 83.2 Å². The molecular formula is C27H28F4O2. The summed E-state index contributed by atoms with van der Waals surface area (Å²) in [6.45, 7) is 3.75. The molecule has 0 spiro atoms. The number of benzene rings is 3. The molecule has 0 fully saturated rings. The van der Waals surface area contributed by atoms with Crippen LogP contribution in [0.4, 0.5) is 17.6 Å². The maximum atomic E-state index is 14.5. The number of hydrogen-bond acceptors (Lipinski definition) is 2. The van der Waals surface area contributed by atoms with Crippen LogP contribution in [0.1, 0.15) is 37.8 Å². The number of aryl methyl sites for hydroxylation is 1. The fourth-order valence-corrected chi connectivity index (χ4v) is 3.55. The van der Waals surface area contributed by atoms with Crippen LogP contribution in [0.25, 0.3) is 11.1 Å². The predicted octanol–water partition coefficient (Wildman–Crippen LogP) is 7.47. The molecule has 0 aliphatic rings. The fourth-order valence-electron chi connectivity index (χ4n) is 3.55. The van der Waals surface area contributed by atoms with E-state index in [1.165, 1.54) is 36.4 Å². The van der Waals surface area contributed by atoms with E-state index in [-0.39, 0.29) is 17.9 Å². The Morgan fingerprint density at radius 3 is 2.09 bits per heavy atom. The van der Waals surface area contributed by atoms with Crippen LogP contribution in [-0.4, -0.2) is 19.4 Å². The van der Waals surface area contributed by atoms with Gasteiger partial charge in [0.1, 0.15) is 18.6 Å². The number of alkyl halides is 1. The first-order chi connectivity index (χ1) is 15.9. The molecule has 0 amide bonds. The van der Waals surface area contributed by atoms with Gasteiger partial charge in [-0.3, -0.25) is 0 Å². The van der Waals surface area contributed by atoms with Crippen molar-refractivity contribution in [1.29, 1.82) is 0 Å². The van der Waals surface area contributed by atoms with Crippen LogP contribution in [0.15, 0.2) is 54.6 Å². The molecule has 176 valence electrons. The standard InChI is InChI=1S/C27H28F4O2/c1-3-5-6-18-7-10-22(23(29)14-18)20-9-12-27(25(31)16-20)33-17-21(28)13-19-8-11-26(32-4-2)24(30)15-19/h7-12,14-16,21H,3-6,13,17H2,1-2H3. The molecule has 0 aliphatic heterocycles. The zero-order valence-electron chi connectivity index (χ0n) is 18.8. The molecule has 2 nitrogen and oxygen atoms in total. The van der Waals surface area contributed by atoms with Crippen LogP contribution in [-0.2, 0) is 12.8 Å². The molecule has 0 heterocycles. The average molecular weight is 461 g/mol. The van der Waals surface area contributed by atoms with Crippen LogP contribution in [0.2, 0.25) is 0 Å². The van der Waals surface area contributed by atoms with E-state index in [0.29, 0.717) is 23.3 Å². The summed E-state index contributed by atoms with van der Waals surface area (Å²) in [4.78, 5) is 0. The first-order valence-electron chi connectivity index (χ1n) is 11.2. The summed E-state index contributed by atoms with van der Waals surface area (Å²) in [6, 6.07) is 13.3. The molecule has 0 N–H and O–H groups in total. The highest BCUT2D eigenvalue weighted by Gasteiger charge is 2.15. The lowest BCUT2D eigenvalue weighted by Gasteiger charge is -2.13. The Kier molecular flexibility index (Phi) is 8.75. The Labute approximate surface area is 192 Å². The number of unbranched alkanes of at least 4 members (excludes halogenated alkanes) is 1. The van der Waals surface area contributed by atoms with Crippen molar-refractivity contribution in [2.24, 2.45) is 0 Å². The Hall–Kier alpha value is -3.02. The average Bonchev–Trinajstić information content (AvgIpc) is 2.79. The lowest BCUT2D eigenvalue weighted by Crippen LogP contribution is -2.16. The Morgan fingerprint density at radius 1 is 0.758 bits per heavy atom. The molecule has 3 aromatic carbocycles. The first-order valence-corrected chi connectivity index (χ1v) is 11.2. The van der Waals surface area contributed by atoms with Crippen molar-refractivity contribution >= 4 is 0 Å². The summed E-state index contributed by atoms with van der Waals surface area (Å²) >= 11 is 0. The number of halogens is 4. The lowest BCUT2D eigenvalue weighted by molar-refractivity contribution is 0.189. The molecule has 1 atom stereocenters. The van der Waals surface area contributed by atoms with Gasteiger partial charge >= 0.3 is 0 Å². The second-order valence-corrected chi connectivity index (χ2v) is 7.87. The SMILES string of the molecule is CCCCc1ccc(-c2ccc(OCC(F)Cc3ccc(OCC)c(F)c3)c(F)c2)c(F)c1. The van der Waals surface area contributed by atoms with Gasteiger partial charge in [-0.1, -0.05) is 37.6 Å². The minimum absolute atomic E-state index is 0.0847. The van der Waals surface area contributed by atoms with E-state index in [0.717, 1.165) is 24.8 Å². The molecule has 3 aromatic rings. The summed E-state index contributed by atoms with van der Waals surface area (Å²) in [5.74, 6) is -1.69. The molecule has 6 heteroatoms. The molecule has 0 aliphatic carbocycles. The lowest BCUT2D eigenvalue weighted by atomic mass is 10.0. The quantitative estimate of drug-likeness (QED) is 0.276. The third-order valence-electron chi connectivity index (χ3n) is 5.27. The zero-order chi connectivity index (χ0) is 23.8. The van der Waals surface area contributed by atoms with Crippen LogP contribution < -0.4 is 9.47 Å². The summed E-state index contributed by atoms with van der Waals surface area (Å²) < 4.78 is 67.7. The van der Waals surface area contributed by atoms with Gasteiger partial charge in [0.05, 0.1) is 6.61 Å². The van der Waals surface area contributed by atoms with Gasteiger partial charge in [0.25, 0.3) is 0 Å². The van der Waals surface area contributed by atoms with Crippen LogP contribution in [0.3, 0.4) is 0 Å². The van der Waals surface area contributed by atoms with Gasteiger partial charge in [-0.2, -0.15) is 0 Å². The topological polar surface area (TPSA) is 18.5 Å². The highest BCUT2D eigenvalue weighted by Crippen LogP contribution is 2.29. The maximum absolute atomic E-state index is 14.5. The monoisotopic (exact) mass is 460 g/mol. The normalized spacial score (nSPS) is 11.9. The highest BCUT2D eigenvalue weighted by atomic mass is 19.1. The van der Waals surface area contributed by atoms with Crippen molar-refractivity contribution in [3.8, 4) is 22.6 Å². The van der Waals surface area contributed by atoms with Crippen molar-refractivity contribution < 1.29 is 27.0 Å². The first kappa shape index (κ1) is 24.6. The fraction of sp³-hybridized carbons (Fsp3) is 0.333. The van der Waals surface area contributed by atoms with E-state index < -0.39 is 30.2 Å². The van der Waals surface area contributed by atoms with Gasteiger partial charge in [0.15, 0.2) is 23.1 Å². The largest absolute Gasteiger partial charge is 0.491 e. The summed E-state index contributed by atoms with van der Waals surface area (Å²) in [5, 5.41) is 0. The molecule has 0 saturated heterocycles. The van der Waals surface area contributed by atoms with Crippen molar-refractivity contribution in [2.75, 3.05) is 13.2 Å². The van der Waals surface area contributed by atoms with Crippen LogP contribution >= 0.6 is 0 Å². The van der Waals surface area contributed by atoms with E-state index in [1.807, 2.05) is 6.07 Å². The van der Waals surface area contributed by atoms with Gasteiger partial charge in [-0.05, 0) is 66.8 Å². The Morgan fingerprint density at radius 2 is 1.42 bits per heavy atom. The smallest absolute Gasteiger partial charge is 0.165 e. The molecule has 3 rings (SSSR count). The summed E-state index contributed by atoms with van der Waals surface area (Å²) in [5.41, 5.74) is 2.02. The van der Waals surface area contributed by atoms with Gasteiger partial charge in [-0.15, -0.1) is 0 Å². The molecular weight excluding hydrogens is 432 g/mol. The summed E-state index contributed by atoms with van der Waals surface area (Å²) in [7, 11) is 0. The van der Waals surface area contributed by atoms with E-state index in [4.69, 9.17) is 9.47 Å². The highest BCUT2D eigenvalue weighted by molar-refractivity contribution is 5.65. The minimum Gasteiger partial charge on any atom is -0.491 e. The van der Waals surface area contributed by atoms with Crippen molar-refractivity contribution in [2.45, 2.75) is 45.7 Å². The molecule has 0 bridgehead atoms. The van der Waals surface area contributed by atoms with Gasteiger partial charge < -0.3 is 9.47 Å². The van der Waals surface area contributed by atoms with Crippen LogP contribution in [0.5, 0.6) is 11.5 Å². The van der Waals surface area contributed by atoms with E-state index in [1.54, 1.807) is 19.1 Å². The molecule has 0 aromatic heterocycles. The molecule has 0 saturated carbocycles. The van der Waals surface area contributed by atoms with E-state index in [9.17, 15) is 17.6 Å². The van der Waals surface area contributed by atoms with Crippen molar-refractivity contribution in [3.63, 3.8) is 0 Å². The number of hydrogen-bond donors (Lipinski definition) is 0. The van der Waals surface area contributed by atoms with Gasteiger partial charge in [0.2, 0.25) is 0 Å².